The van der Waals surface area contributed by atoms with Crippen LogP contribution in [0.15, 0.2) is 41.1 Å². The Morgan fingerprint density at radius 3 is 2.89 bits per heavy atom. The standard InChI is InChI=1S/C20H21FN4O2/c1-13-10-18(27-24-13)16-12-22-23-20(16)17-4-2-3-9-25(17)19(26)11-14-5-7-15(21)8-6-14/h5-8,10,12,17H,2-4,9,11H2,1H3,(H,22,23)/t17-/m0/s1. The third-order valence-corrected chi connectivity index (χ3v) is 4.99. The summed E-state index contributed by atoms with van der Waals surface area (Å²) in [5.74, 6) is 0.375. The molecule has 1 saturated heterocycles. The third kappa shape index (κ3) is 3.63. The van der Waals surface area contributed by atoms with Crippen LogP contribution in [0.1, 0.15) is 42.3 Å². The highest BCUT2D eigenvalue weighted by atomic mass is 19.1. The Hall–Kier alpha value is -2.96. The molecule has 1 aliphatic heterocycles. The smallest absolute Gasteiger partial charge is 0.227 e. The number of aryl methyl sites for hydroxylation is 1. The quantitative estimate of drug-likeness (QED) is 0.760. The molecule has 0 saturated carbocycles. The largest absolute Gasteiger partial charge is 0.356 e. The van der Waals surface area contributed by atoms with E-state index in [4.69, 9.17) is 4.52 Å². The minimum atomic E-state index is -0.300. The van der Waals surface area contributed by atoms with E-state index in [-0.39, 0.29) is 24.2 Å². The molecule has 6 nitrogen and oxygen atoms in total. The molecule has 4 rings (SSSR count). The van der Waals surface area contributed by atoms with Crippen LogP contribution >= 0.6 is 0 Å². The van der Waals surface area contributed by atoms with Crippen LogP contribution in [0, 0.1) is 12.7 Å². The van der Waals surface area contributed by atoms with Gasteiger partial charge < -0.3 is 9.42 Å². The van der Waals surface area contributed by atoms with Crippen LogP contribution in [-0.2, 0) is 11.2 Å². The normalized spacial score (nSPS) is 17.3. The van der Waals surface area contributed by atoms with E-state index in [1.165, 1.54) is 12.1 Å². The zero-order valence-corrected chi connectivity index (χ0v) is 15.1. The summed E-state index contributed by atoms with van der Waals surface area (Å²) in [6.07, 6.45) is 4.83. The van der Waals surface area contributed by atoms with E-state index in [9.17, 15) is 9.18 Å². The fourth-order valence-electron chi connectivity index (χ4n) is 3.65. The summed E-state index contributed by atoms with van der Waals surface area (Å²) < 4.78 is 18.5. The Kier molecular flexibility index (Phi) is 4.75. The summed E-state index contributed by atoms with van der Waals surface area (Å²) in [7, 11) is 0. The van der Waals surface area contributed by atoms with Crippen molar-refractivity contribution < 1.29 is 13.7 Å². The van der Waals surface area contributed by atoms with Gasteiger partial charge in [0.1, 0.15) is 5.82 Å². The van der Waals surface area contributed by atoms with Gasteiger partial charge in [-0.2, -0.15) is 5.10 Å². The number of carbonyl (C=O) groups excluding carboxylic acids is 1. The number of halogens is 1. The fourth-order valence-corrected chi connectivity index (χ4v) is 3.65. The van der Waals surface area contributed by atoms with Gasteiger partial charge in [-0.3, -0.25) is 9.89 Å². The van der Waals surface area contributed by atoms with Gasteiger partial charge in [-0.05, 0) is 43.9 Å². The number of piperidine rings is 1. The molecule has 1 N–H and O–H groups in total. The van der Waals surface area contributed by atoms with E-state index >= 15 is 0 Å². The van der Waals surface area contributed by atoms with Crippen LogP contribution in [0.3, 0.4) is 0 Å². The Labute approximate surface area is 156 Å². The zero-order chi connectivity index (χ0) is 18.8. The van der Waals surface area contributed by atoms with Crippen molar-refractivity contribution in [3.8, 4) is 11.3 Å². The predicted molar refractivity (Wildman–Crippen MR) is 97.2 cm³/mol. The SMILES string of the molecule is Cc1cc(-c2cn[nH]c2[C@@H]2CCCCN2C(=O)Cc2ccc(F)cc2)on1. The highest BCUT2D eigenvalue weighted by Crippen LogP contribution is 2.36. The van der Waals surface area contributed by atoms with E-state index in [0.29, 0.717) is 12.3 Å². The van der Waals surface area contributed by atoms with E-state index < -0.39 is 0 Å². The molecule has 0 aliphatic carbocycles. The van der Waals surface area contributed by atoms with Crippen molar-refractivity contribution in [1.29, 1.82) is 0 Å². The Morgan fingerprint density at radius 1 is 1.33 bits per heavy atom. The van der Waals surface area contributed by atoms with Gasteiger partial charge in [-0.15, -0.1) is 0 Å². The van der Waals surface area contributed by atoms with E-state index in [2.05, 4.69) is 15.4 Å². The maximum Gasteiger partial charge on any atom is 0.227 e. The number of likely N-dealkylation sites (tertiary alicyclic amines) is 1. The molecule has 7 heteroatoms. The summed E-state index contributed by atoms with van der Waals surface area (Å²) in [6.45, 7) is 2.56. The molecule has 0 spiro atoms. The summed E-state index contributed by atoms with van der Waals surface area (Å²) in [6, 6.07) is 7.86. The third-order valence-electron chi connectivity index (χ3n) is 4.99. The van der Waals surface area contributed by atoms with Crippen LogP contribution in [-0.4, -0.2) is 32.7 Å². The van der Waals surface area contributed by atoms with Crippen molar-refractivity contribution in [2.75, 3.05) is 6.54 Å². The van der Waals surface area contributed by atoms with Gasteiger partial charge >= 0.3 is 0 Å². The highest BCUT2D eigenvalue weighted by Gasteiger charge is 2.31. The molecule has 27 heavy (non-hydrogen) atoms. The predicted octanol–water partition coefficient (Wildman–Crippen LogP) is 3.81. The van der Waals surface area contributed by atoms with Gasteiger partial charge in [0.05, 0.1) is 35.6 Å². The Morgan fingerprint density at radius 2 is 2.15 bits per heavy atom. The van der Waals surface area contributed by atoms with E-state index in [1.54, 1.807) is 18.3 Å². The second-order valence-corrected chi connectivity index (χ2v) is 6.93. The molecule has 1 fully saturated rings. The Bertz CT molecular complexity index is 932. The average Bonchev–Trinajstić information content (AvgIpc) is 3.32. The molecule has 3 aromatic rings. The average molecular weight is 368 g/mol. The lowest BCUT2D eigenvalue weighted by Crippen LogP contribution is -2.39. The monoisotopic (exact) mass is 368 g/mol. The number of amides is 1. The number of aromatic nitrogens is 3. The number of nitrogens with one attached hydrogen (secondary N) is 1. The van der Waals surface area contributed by atoms with E-state index in [1.807, 2.05) is 17.9 Å². The van der Waals surface area contributed by atoms with Crippen LogP contribution < -0.4 is 0 Å². The number of benzene rings is 1. The minimum absolute atomic E-state index is 0.0283. The maximum absolute atomic E-state index is 13.1. The van der Waals surface area contributed by atoms with Gasteiger partial charge in [0.25, 0.3) is 0 Å². The highest BCUT2D eigenvalue weighted by molar-refractivity contribution is 5.79. The van der Waals surface area contributed by atoms with Crippen molar-refractivity contribution >= 4 is 5.91 Å². The molecule has 140 valence electrons. The number of carbonyl (C=O) groups is 1. The summed E-state index contributed by atoms with van der Waals surface area (Å²) in [4.78, 5) is 14.9. The zero-order valence-electron chi connectivity index (χ0n) is 15.1. The number of hydrogen-bond donors (Lipinski definition) is 1. The number of hydrogen-bond acceptors (Lipinski definition) is 4. The van der Waals surface area contributed by atoms with Crippen LogP contribution in [0.4, 0.5) is 4.39 Å². The molecule has 0 radical (unpaired) electrons. The molecule has 1 amide bonds. The maximum atomic E-state index is 13.1. The van der Waals surface area contributed by atoms with Crippen LogP contribution in [0.25, 0.3) is 11.3 Å². The molecule has 2 aromatic heterocycles. The first-order valence-corrected chi connectivity index (χ1v) is 9.12. The molecule has 1 aliphatic rings. The van der Waals surface area contributed by atoms with Gasteiger partial charge in [0.2, 0.25) is 5.91 Å². The molecule has 3 heterocycles. The lowest BCUT2D eigenvalue weighted by Gasteiger charge is -2.35. The van der Waals surface area contributed by atoms with Crippen LogP contribution in [0.5, 0.6) is 0 Å². The summed E-state index contributed by atoms with van der Waals surface area (Å²) in [5, 5.41) is 11.2. The van der Waals surface area contributed by atoms with Crippen molar-refractivity contribution in [1.82, 2.24) is 20.3 Å². The summed E-state index contributed by atoms with van der Waals surface area (Å²) >= 11 is 0. The molecular weight excluding hydrogens is 347 g/mol. The molecule has 1 atom stereocenters. The second kappa shape index (κ2) is 7.34. The number of rotatable bonds is 4. The molecule has 0 unspecified atom stereocenters. The van der Waals surface area contributed by atoms with Crippen LogP contribution in [0.2, 0.25) is 0 Å². The van der Waals surface area contributed by atoms with Crippen molar-refractivity contribution in [2.45, 2.75) is 38.6 Å². The van der Waals surface area contributed by atoms with Gasteiger partial charge in [-0.1, -0.05) is 17.3 Å². The number of nitrogens with zero attached hydrogens (tertiary/aromatic N) is 3. The minimum Gasteiger partial charge on any atom is -0.356 e. The lowest BCUT2D eigenvalue weighted by molar-refractivity contribution is -0.134. The van der Waals surface area contributed by atoms with Gasteiger partial charge in [-0.25, -0.2) is 4.39 Å². The first-order chi connectivity index (χ1) is 13.1. The molecule has 0 bridgehead atoms. The van der Waals surface area contributed by atoms with Gasteiger partial charge in [0, 0.05) is 12.6 Å². The first kappa shape index (κ1) is 17.5. The lowest BCUT2D eigenvalue weighted by atomic mass is 9.95. The fraction of sp³-hybridized carbons (Fsp3) is 0.350. The molecule has 1 aromatic carbocycles. The Balaban J connectivity index is 1.59. The topological polar surface area (TPSA) is 75.0 Å². The number of H-pyrrole nitrogens is 1. The van der Waals surface area contributed by atoms with Crippen molar-refractivity contribution in [3.05, 3.63) is 59.3 Å². The van der Waals surface area contributed by atoms with E-state index in [0.717, 1.165) is 41.8 Å². The summed E-state index contributed by atoms with van der Waals surface area (Å²) in [5.41, 5.74) is 3.31. The first-order valence-electron chi connectivity index (χ1n) is 9.12. The van der Waals surface area contributed by atoms with Crippen molar-refractivity contribution in [2.24, 2.45) is 0 Å². The van der Waals surface area contributed by atoms with Gasteiger partial charge in [0.15, 0.2) is 5.76 Å². The van der Waals surface area contributed by atoms with Crippen molar-refractivity contribution in [3.63, 3.8) is 0 Å². The number of aromatic amines is 1. The molecular formula is C20H21FN4O2. The second-order valence-electron chi connectivity index (χ2n) is 6.93.